The van der Waals surface area contributed by atoms with Gasteiger partial charge in [0.25, 0.3) is 0 Å². The van der Waals surface area contributed by atoms with Crippen LogP contribution in [0.1, 0.15) is 39.5 Å². The minimum atomic E-state index is -3.81. The third-order valence-electron chi connectivity index (χ3n) is 1.71. The van der Waals surface area contributed by atoms with Crippen LogP contribution >= 0.6 is 13.4 Å². The molecule has 11 heteroatoms. The Balaban J connectivity index is -0.000000219. The first-order valence-electron chi connectivity index (χ1n) is 5.98. The van der Waals surface area contributed by atoms with E-state index >= 15 is 0 Å². The molecule has 0 saturated carbocycles. The van der Waals surface area contributed by atoms with Crippen molar-refractivity contribution >= 4 is 37.1 Å². The van der Waals surface area contributed by atoms with Crippen molar-refractivity contribution < 1.29 is 46.5 Å². The molecule has 0 aromatic heterocycles. The first-order chi connectivity index (χ1) is 8.41. The Morgan fingerprint density at radius 1 is 0.737 bits per heavy atom. The van der Waals surface area contributed by atoms with E-state index in [2.05, 4.69) is 37.5 Å². The molecule has 0 amide bonds. The maximum atomic E-state index is 7.56. The number of rotatable bonds is 6. The van der Waals surface area contributed by atoms with Gasteiger partial charge >= 0.3 is 80.1 Å². The van der Waals surface area contributed by atoms with Crippen molar-refractivity contribution in [2.45, 2.75) is 49.6 Å². The molecule has 0 heterocycles. The van der Waals surface area contributed by atoms with E-state index in [1.165, 1.54) is 25.7 Å². The molecule has 0 fully saturated rings. The molecule has 0 aromatic carbocycles. The normalized spacial score (nSPS) is 10.5. The second-order valence-electron chi connectivity index (χ2n) is 3.79. The van der Waals surface area contributed by atoms with E-state index in [4.69, 9.17) is 29.4 Å². The van der Waals surface area contributed by atoms with Crippen LogP contribution in [0.15, 0.2) is 0 Å². The van der Waals surface area contributed by atoms with Crippen LogP contribution in [0.25, 0.3) is 0 Å². The van der Waals surface area contributed by atoms with Crippen molar-refractivity contribution in [2.75, 3.05) is 0 Å². The summed E-state index contributed by atoms with van der Waals surface area (Å²) in [7, 11) is 0. The summed E-state index contributed by atoms with van der Waals surface area (Å²) in [5.74, 6) is 0. The quantitative estimate of drug-likeness (QED) is 0.224. The molecule has 0 atom stereocenters. The Bertz CT molecular complexity index is 227. The van der Waals surface area contributed by atoms with Crippen LogP contribution in [-0.2, 0) is 40.7 Å². The summed E-state index contributed by atoms with van der Waals surface area (Å²) in [6, 6.07) is 0. The number of hydrogen-bond acceptors (Lipinski definition) is 2. The molecule has 0 radical (unpaired) electrons. The van der Waals surface area contributed by atoms with Crippen molar-refractivity contribution in [1.29, 1.82) is 0 Å². The molecule has 0 rings (SSSR count). The molecule has 0 aliphatic carbocycles. The summed E-state index contributed by atoms with van der Waals surface area (Å²) in [5, 5.41) is 3.28. The summed E-state index contributed by atoms with van der Waals surface area (Å²) >= 11 is 7.22. The molecule has 116 valence electrons. The fraction of sp³-hybridized carbons (Fsp3) is 1.00. The minimum absolute atomic E-state index is 0.0146. The molecule has 0 unspecified atom stereocenters. The molecule has 0 aromatic rings. The molecule has 0 spiro atoms. The summed E-state index contributed by atoms with van der Waals surface area (Å²) in [6.45, 7) is -3.02. The Morgan fingerprint density at radius 2 is 0.947 bits per heavy atom. The van der Waals surface area contributed by atoms with Crippen LogP contribution in [0.2, 0.25) is 10.0 Å². The monoisotopic (exact) mass is 406 g/mol. The van der Waals surface area contributed by atoms with Gasteiger partial charge in [-0.1, -0.05) is 0 Å². The molecular formula is C8H24O6P2S2Zn. The molecule has 6 N–H and O–H groups in total. The second-order valence-corrected chi connectivity index (χ2v) is 13.2. The van der Waals surface area contributed by atoms with Crippen LogP contribution in [0.3, 0.4) is 0 Å². The molecule has 0 aliphatic heterocycles. The van der Waals surface area contributed by atoms with E-state index in [-0.39, 0.29) is 17.1 Å². The molecule has 19 heavy (non-hydrogen) atoms. The smallest absolute Gasteiger partial charge is 0.319 e. The zero-order valence-corrected chi connectivity index (χ0v) is 17.7. The molecule has 0 saturated heterocycles. The predicted molar refractivity (Wildman–Crippen MR) is 81.3 cm³/mol. The minimum Gasteiger partial charge on any atom is -0.325 e. The Labute approximate surface area is 133 Å². The maximum absolute atomic E-state index is 7.56. The largest absolute Gasteiger partial charge is 0.325 e. The fourth-order valence-corrected chi connectivity index (χ4v) is 5.35. The first kappa shape index (κ1) is 25.6. The van der Waals surface area contributed by atoms with Gasteiger partial charge in [0.05, 0.1) is 0 Å². The van der Waals surface area contributed by atoms with Gasteiger partial charge in [0, 0.05) is 0 Å². The van der Waals surface area contributed by atoms with Crippen LogP contribution in [-0.4, -0.2) is 29.4 Å². The SMILES string of the molecule is CCC[CH2][Zn][CH2]CCC.OP(O)(O)=S.OP(O)(O)=S. The van der Waals surface area contributed by atoms with Gasteiger partial charge in [-0.25, -0.2) is 0 Å². The average molecular weight is 408 g/mol. The van der Waals surface area contributed by atoms with Gasteiger partial charge in [0.1, 0.15) is 0 Å². The fourth-order valence-electron chi connectivity index (χ4n) is 1.03. The standard InChI is InChI=1S/2C4H9.2H3O3PS.Zn/c2*1-3-4-2;2*1-4(2,3)5;/h2*1,3-4H2,2H3;2*(H3,1,2,3,5);. The third kappa shape index (κ3) is 104. The van der Waals surface area contributed by atoms with Gasteiger partial charge in [-0.05, 0) is 23.6 Å². The second kappa shape index (κ2) is 16.1. The molecule has 0 bridgehead atoms. The molecule has 6 nitrogen and oxygen atoms in total. The van der Waals surface area contributed by atoms with E-state index in [1.807, 2.05) is 0 Å². The summed E-state index contributed by atoms with van der Waals surface area (Å²) in [5.41, 5.74) is 0. The van der Waals surface area contributed by atoms with E-state index in [1.54, 1.807) is 10.0 Å². The van der Waals surface area contributed by atoms with Gasteiger partial charge in [0.2, 0.25) is 0 Å². The van der Waals surface area contributed by atoms with Gasteiger partial charge < -0.3 is 29.4 Å². The van der Waals surface area contributed by atoms with Gasteiger partial charge in [-0.3, -0.25) is 0 Å². The van der Waals surface area contributed by atoms with E-state index in [0.29, 0.717) is 0 Å². The summed E-state index contributed by atoms with van der Waals surface area (Å²) in [4.78, 5) is 45.3. The third-order valence-corrected chi connectivity index (χ3v) is 5.90. The van der Waals surface area contributed by atoms with Crippen LogP contribution in [0.4, 0.5) is 0 Å². The Morgan fingerprint density at radius 3 is 1.11 bits per heavy atom. The number of hydrogen-bond donors (Lipinski definition) is 6. The van der Waals surface area contributed by atoms with Crippen LogP contribution in [0.5, 0.6) is 0 Å². The summed E-state index contributed by atoms with van der Waals surface area (Å²) in [6.07, 6.45) is 5.86. The zero-order chi connectivity index (χ0) is 15.9. The molecule has 0 aliphatic rings. The van der Waals surface area contributed by atoms with E-state index in [0.717, 1.165) is 0 Å². The van der Waals surface area contributed by atoms with Gasteiger partial charge in [0.15, 0.2) is 0 Å². The zero-order valence-electron chi connectivity index (χ0n) is 11.3. The van der Waals surface area contributed by atoms with Crippen molar-refractivity contribution in [3.63, 3.8) is 0 Å². The van der Waals surface area contributed by atoms with Crippen molar-refractivity contribution in [2.24, 2.45) is 0 Å². The predicted octanol–water partition coefficient (Wildman–Crippen LogP) is 1.88. The number of unbranched alkanes of at least 4 members (excludes halogenated alkanes) is 2. The van der Waals surface area contributed by atoms with Gasteiger partial charge in [-0.2, -0.15) is 0 Å². The van der Waals surface area contributed by atoms with E-state index in [9.17, 15) is 0 Å². The van der Waals surface area contributed by atoms with Gasteiger partial charge in [-0.15, -0.1) is 0 Å². The van der Waals surface area contributed by atoms with Crippen LogP contribution in [0, 0.1) is 0 Å². The molecular weight excluding hydrogens is 384 g/mol. The Hall–Kier alpha value is 1.68. The van der Waals surface area contributed by atoms with Crippen molar-refractivity contribution in [3.05, 3.63) is 0 Å². The van der Waals surface area contributed by atoms with Crippen molar-refractivity contribution in [3.8, 4) is 0 Å². The van der Waals surface area contributed by atoms with Crippen LogP contribution < -0.4 is 0 Å². The first-order valence-corrected chi connectivity index (χ1v) is 15.5. The average Bonchev–Trinajstić information content (AvgIpc) is 2.12. The topological polar surface area (TPSA) is 121 Å². The Kier molecular flexibility index (Phi) is 21.7. The van der Waals surface area contributed by atoms with E-state index < -0.39 is 13.4 Å². The summed E-state index contributed by atoms with van der Waals surface area (Å²) < 4.78 is 0. The maximum Gasteiger partial charge on any atom is 0.319 e. The van der Waals surface area contributed by atoms with Crippen molar-refractivity contribution in [1.82, 2.24) is 0 Å².